The molecule has 3 rings (SSSR count). The fourth-order valence-corrected chi connectivity index (χ4v) is 4.00. The Morgan fingerprint density at radius 1 is 1.03 bits per heavy atom. The lowest BCUT2D eigenvalue weighted by Crippen LogP contribution is -2.18. The van der Waals surface area contributed by atoms with E-state index in [1.807, 2.05) is 13.8 Å². The van der Waals surface area contributed by atoms with Crippen LogP contribution in [0.1, 0.15) is 64.9 Å². The summed E-state index contributed by atoms with van der Waals surface area (Å²) in [5.74, 6) is -2.87. The largest absolute Gasteiger partial charge is 0.477 e. The fourth-order valence-electron chi connectivity index (χ4n) is 4.00. The molecule has 8 nitrogen and oxygen atoms in total. The van der Waals surface area contributed by atoms with Crippen LogP contribution in [0.2, 0.25) is 0 Å². The van der Waals surface area contributed by atoms with Gasteiger partial charge in [0.2, 0.25) is 5.76 Å². The molecule has 0 aliphatic carbocycles. The second kappa shape index (κ2) is 8.14. The zero-order valence-corrected chi connectivity index (χ0v) is 17.4. The van der Waals surface area contributed by atoms with E-state index < -0.39 is 11.9 Å². The van der Waals surface area contributed by atoms with E-state index in [1.54, 1.807) is 14.0 Å². The maximum Gasteiger partial charge on any atom is 0.372 e. The monoisotopic (exact) mass is 412 g/mol. The molecule has 30 heavy (non-hydrogen) atoms. The minimum absolute atomic E-state index is 0.118. The van der Waals surface area contributed by atoms with Gasteiger partial charge in [-0.15, -0.1) is 0 Å². The molecule has 0 bridgehead atoms. The van der Waals surface area contributed by atoms with Gasteiger partial charge in [-0.25, -0.2) is 14.6 Å². The highest BCUT2D eigenvalue weighted by atomic mass is 16.4. The van der Waals surface area contributed by atoms with Gasteiger partial charge >= 0.3 is 11.9 Å². The van der Waals surface area contributed by atoms with Crippen LogP contribution in [0.5, 0.6) is 0 Å². The first-order valence-corrected chi connectivity index (χ1v) is 9.92. The van der Waals surface area contributed by atoms with E-state index in [1.165, 1.54) is 6.07 Å². The van der Waals surface area contributed by atoms with Crippen molar-refractivity contribution in [2.24, 2.45) is 0 Å². The minimum Gasteiger partial charge on any atom is -0.477 e. The molecule has 0 unspecified atom stereocenters. The third-order valence-electron chi connectivity index (χ3n) is 5.28. The van der Waals surface area contributed by atoms with Gasteiger partial charge < -0.3 is 19.9 Å². The van der Waals surface area contributed by atoms with Gasteiger partial charge in [0.25, 0.3) is 0 Å². The van der Waals surface area contributed by atoms with E-state index in [4.69, 9.17) is 4.42 Å². The third kappa shape index (κ3) is 3.18. The van der Waals surface area contributed by atoms with E-state index in [0.717, 1.165) is 0 Å². The summed E-state index contributed by atoms with van der Waals surface area (Å²) in [6.07, 6.45) is 1.80. The smallest absolute Gasteiger partial charge is 0.372 e. The van der Waals surface area contributed by atoms with E-state index in [-0.39, 0.29) is 34.5 Å². The number of aromatic carboxylic acids is 2. The number of hydrogen-bond donors (Lipinski definition) is 3. The molecule has 0 saturated carbocycles. The maximum atomic E-state index is 13.4. The average Bonchev–Trinajstić information content (AvgIpc) is 2.72. The van der Waals surface area contributed by atoms with Gasteiger partial charge in [0.1, 0.15) is 5.58 Å². The molecule has 158 valence electrons. The Morgan fingerprint density at radius 3 is 2.20 bits per heavy atom. The summed E-state index contributed by atoms with van der Waals surface area (Å²) in [6, 6.07) is 1.44. The van der Waals surface area contributed by atoms with Crippen LogP contribution in [0.15, 0.2) is 15.3 Å². The molecule has 3 N–H and O–H groups in total. The lowest BCUT2D eigenvalue weighted by molar-refractivity contribution is 0.0658. The fraction of sp³-hybridized carbons (Fsp3) is 0.364. The highest BCUT2D eigenvalue weighted by Crippen LogP contribution is 2.37. The summed E-state index contributed by atoms with van der Waals surface area (Å²) >= 11 is 0. The molecule has 0 aliphatic heterocycles. The number of benzene rings is 1. The lowest BCUT2D eigenvalue weighted by atomic mass is 9.92. The normalized spacial score (nSPS) is 11.2. The second-order valence-corrected chi connectivity index (χ2v) is 7.00. The van der Waals surface area contributed by atoms with Gasteiger partial charge in [0, 0.05) is 23.7 Å². The predicted octanol–water partition coefficient (Wildman–Crippen LogP) is 3.86. The van der Waals surface area contributed by atoms with Crippen molar-refractivity contribution in [1.29, 1.82) is 0 Å². The number of aromatic nitrogens is 1. The molecular weight excluding hydrogens is 388 g/mol. The molecule has 0 atom stereocenters. The van der Waals surface area contributed by atoms with E-state index in [0.29, 0.717) is 52.4 Å². The van der Waals surface area contributed by atoms with Gasteiger partial charge in [-0.3, -0.25) is 4.79 Å². The van der Waals surface area contributed by atoms with Gasteiger partial charge in [0.15, 0.2) is 11.1 Å². The number of aryl methyl sites for hydroxylation is 2. The third-order valence-corrected chi connectivity index (χ3v) is 5.28. The standard InChI is InChI=1S/C22H24N2O6/c1-5-8-12-17-15(13(23-4)9-14(24-17)21(26)27)10(6-2)16-18(25)11(7-3)20(22(28)29)30-19(12)16/h9H,5-8H2,1-4H3,(H,23,24)(H,26,27)(H,28,29). The van der Waals surface area contributed by atoms with Crippen molar-refractivity contribution in [3.05, 3.63) is 44.4 Å². The van der Waals surface area contributed by atoms with Crippen molar-refractivity contribution < 1.29 is 24.2 Å². The van der Waals surface area contributed by atoms with Crippen LogP contribution in [0.25, 0.3) is 21.9 Å². The number of fused-ring (bicyclic) bond motifs is 2. The molecule has 0 amide bonds. The van der Waals surface area contributed by atoms with Crippen LogP contribution in [0.3, 0.4) is 0 Å². The van der Waals surface area contributed by atoms with Crippen molar-refractivity contribution in [1.82, 2.24) is 4.98 Å². The number of carboxylic acids is 2. The number of nitrogens with one attached hydrogen (secondary N) is 1. The Kier molecular flexibility index (Phi) is 5.78. The number of hydrogen-bond acceptors (Lipinski definition) is 6. The van der Waals surface area contributed by atoms with E-state index >= 15 is 0 Å². The number of carboxylic acid groups (broad SMARTS) is 2. The molecule has 2 heterocycles. The first-order valence-electron chi connectivity index (χ1n) is 9.92. The highest BCUT2D eigenvalue weighted by molar-refractivity contribution is 6.09. The molecule has 0 spiro atoms. The SMILES string of the molecule is CCCc1c2nc(C(=O)O)cc(NC)c2c(CC)c2c(=O)c(CC)c(C(=O)O)oc12. The van der Waals surface area contributed by atoms with Crippen molar-refractivity contribution in [2.45, 2.75) is 46.5 Å². The van der Waals surface area contributed by atoms with Crippen LogP contribution in [0, 0.1) is 0 Å². The molecule has 3 aromatic rings. The molecule has 0 aliphatic rings. The zero-order chi connectivity index (χ0) is 22.2. The topological polar surface area (TPSA) is 130 Å². The minimum atomic E-state index is -1.31. The summed E-state index contributed by atoms with van der Waals surface area (Å²) in [7, 11) is 1.68. The van der Waals surface area contributed by atoms with Crippen LogP contribution in [-0.2, 0) is 19.3 Å². The molecule has 0 fully saturated rings. The summed E-state index contributed by atoms with van der Waals surface area (Å²) in [4.78, 5) is 41.2. The lowest BCUT2D eigenvalue weighted by Gasteiger charge is -2.18. The molecule has 0 saturated heterocycles. The number of rotatable bonds is 7. The van der Waals surface area contributed by atoms with Crippen LogP contribution in [0.4, 0.5) is 5.69 Å². The van der Waals surface area contributed by atoms with Gasteiger partial charge in [-0.2, -0.15) is 0 Å². The number of carbonyl (C=O) groups is 2. The Bertz CT molecular complexity index is 1240. The van der Waals surface area contributed by atoms with Crippen molar-refractivity contribution >= 4 is 39.5 Å². The Labute approximate surface area is 172 Å². The first kappa shape index (κ1) is 21.3. The summed E-state index contributed by atoms with van der Waals surface area (Å²) < 4.78 is 5.83. The van der Waals surface area contributed by atoms with Gasteiger partial charge in [0.05, 0.1) is 16.5 Å². The second-order valence-electron chi connectivity index (χ2n) is 7.00. The zero-order valence-electron chi connectivity index (χ0n) is 17.4. The molecule has 1 aromatic carbocycles. The van der Waals surface area contributed by atoms with Crippen LogP contribution < -0.4 is 10.7 Å². The predicted molar refractivity (Wildman–Crippen MR) is 114 cm³/mol. The molecule has 8 heteroatoms. The molecule has 2 aromatic heterocycles. The highest BCUT2D eigenvalue weighted by Gasteiger charge is 2.26. The van der Waals surface area contributed by atoms with Crippen molar-refractivity contribution in [2.75, 3.05) is 12.4 Å². The summed E-state index contributed by atoms with van der Waals surface area (Å²) in [5.41, 5.74) is 1.96. The maximum absolute atomic E-state index is 13.4. The number of anilines is 1. The quantitative estimate of drug-likeness (QED) is 0.499. The summed E-state index contributed by atoms with van der Waals surface area (Å²) in [5, 5.41) is 23.1. The average molecular weight is 412 g/mol. The first-order chi connectivity index (χ1) is 14.3. The summed E-state index contributed by atoms with van der Waals surface area (Å²) in [6.45, 7) is 5.53. The Morgan fingerprint density at radius 2 is 1.70 bits per heavy atom. The van der Waals surface area contributed by atoms with Gasteiger partial charge in [-0.1, -0.05) is 27.2 Å². The van der Waals surface area contributed by atoms with Crippen molar-refractivity contribution in [3.8, 4) is 0 Å². The number of pyridine rings is 1. The van der Waals surface area contributed by atoms with E-state index in [9.17, 15) is 24.6 Å². The Balaban J connectivity index is 2.73. The number of nitrogens with zero attached hydrogens (tertiary/aromatic N) is 1. The molecule has 0 radical (unpaired) electrons. The molecular formula is C22H24N2O6. The van der Waals surface area contributed by atoms with Gasteiger partial charge in [-0.05, 0) is 30.9 Å². The van der Waals surface area contributed by atoms with Crippen molar-refractivity contribution in [3.63, 3.8) is 0 Å². The Hall–Kier alpha value is -3.42. The van der Waals surface area contributed by atoms with Crippen LogP contribution in [-0.4, -0.2) is 34.2 Å². The van der Waals surface area contributed by atoms with Crippen LogP contribution >= 0.6 is 0 Å². The van der Waals surface area contributed by atoms with E-state index in [2.05, 4.69) is 10.3 Å².